The molecule has 0 saturated carbocycles. The monoisotopic (exact) mass is 234 g/mol. The predicted molar refractivity (Wildman–Crippen MR) is 61.9 cm³/mol. The zero-order chi connectivity index (χ0) is 11.2. The summed E-state index contributed by atoms with van der Waals surface area (Å²) in [6.45, 7) is 4.81. The molecule has 0 spiro atoms. The van der Waals surface area contributed by atoms with Gasteiger partial charge in [0.1, 0.15) is 16.7 Å². The Morgan fingerprint density at radius 2 is 1.53 bits per heavy atom. The van der Waals surface area contributed by atoms with E-state index in [0.29, 0.717) is 6.61 Å². The molecular weight excluding hydrogens is 212 g/mol. The highest BCUT2D eigenvalue weighted by molar-refractivity contribution is 5.97. The van der Waals surface area contributed by atoms with Crippen LogP contribution in [0.15, 0.2) is 12.8 Å². The van der Waals surface area contributed by atoms with Crippen molar-refractivity contribution in [3.05, 3.63) is 12.8 Å². The molecule has 0 rings (SSSR count). The van der Waals surface area contributed by atoms with E-state index in [1.807, 2.05) is 0 Å². The average Bonchev–Trinajstić information content (AvgIpc) is 2.26. The van der Waals surface area contributed by atoms with Crippen LogP contribution >= 0.6 is 0 Å². The van der Waals surface area contributed by atoms with Crippen molar-refractivity contribution in [2.75, 3.05) is 13.2 Å². The topological polar surface area (TPSA) is 36.9 Å². The number of rotatable bonds is 12. The Balaban J connectivity index is 2.83. The molecule has 0 atom stereocenters. The molecule has 0 unspecified atom stereocenters. The highest BCUT2D eigenvalue weighted by atomic mass is 28.2. The number of hydrogen-bond acceptors (Lipinski definition) is 4. The molecule has 0 bridgehead atoms. The van der Waals surface area contributed by atoms with Crippen LogP contribution in [0, 0.1) is 0 Å². The molecule has 0 aromatic heterocycles. The van der Waals surface area contributed by atoms with Crippen LogP contribution in [0.2, 0.25) is 0 Å². The minimum Gasteiger partial charge on any atom is -0.428 e. The Bertz CT molecular complexity index is 133. The van der Waals surface area contributed by atoms with Gasteiger partial charge in [-0.1, -0.05) is 32.3 Å². The van der Waals surface area contributed by atoms with Crippen molar-refractivity contribution in [1.82, 2.24) is 0 Å². The number of hydrogen-bond donors (Lipinski definition) is 0. The lowest BCUT2D eigenvalue weighted by molar-refractivity contribution is -0.489. The molecule has 0 aromatic rings. The summed E-state index contributed by atoms with van der Waals surface area (Å²) >= 11 is 0. The molecule has 0 saturated heterocycles. The Morgan fingerprint density at radius 3 is 2.13 bits per heavy atom. The molecule has 15 heavy (non-hydrogen) atoms. The van der Waals surface area contributed by atoms with Crippen LogP contribution < -0.4 is 0 Å². The third-order valence-corrected chi connectivity index (χ3v) is 2.39. The maximum absolute atomic E-state index is 5.10. The predicted octanol–water partition coefficient (Wildman–Crippen LogP) is 1.65. The van der Waals surface area contributed by atoms with Crippen LogP contribution in [0.3, 0.4) is 0 Å². The van der Waals surface area contributed by atoms with Crippen molar-refractivity contribution in [3.63, 3.8) is 0 Å². The van der Waals surface area contributed by atoms with Gasteiger partial charge in [-0.15, -0.1) is 0 Å². The largest absolute Gasteiger partial charge is 0.428 e. The summed E-state index contributed by atoms with van der Waals surface area (Å²) in [7, 11) is 0.861. The lowest BCUT2D eigenvalue weighted by atomic mass is 10.1. The molecule has 0 heterocycles. The second-order valence-electron chi connectivity index (χ2n) is 3.27. The zero-order valence-electron chi connectivity index (χ0n) is 9.57. The second kappa shape index (κ2) is 13.6. The van der Waals surface area contributed by atoms with E-state index in [1.54, 1.807) is 0 Å². The van der Waals surface area contributed by atoms with Gasteiger partial charge in [-0.3, -0.25) is 0 Å². The fraction of sp³-hybridized carbons (Fsp3) is 0.800. The molecule has 4 nitrogen and oxygen atoms in total. The van der Waals surface area contributed by atoms with Crippen LogP contribution in [-0.2, 0) is 19.2 Å². The van der Waals surface area contributed by atoms with Crippen LogP contribution in [0.25, 0.3) is 0 Å². The Labute approximate surface area is 94.9 Å². The summed E-state index contributed by atoms with van der Waals surface area (Å²) in [5.41, 5.74) is 0. The Hall–Kier alpha value is -0.363. The molecule has 0 fully saturated rings. The Kier molecular flexibility index (Phi) is 13.3. The maximum atomic E-state index is 5.10. The summed E-state index contributed by atoms with van der Waals surface area (Å²) in [4.78, 5) is 9.05. The molecule has 0 amide bonds. The van der Waals surface area contributed by atoms with Crippen molar-refractivity contribution < 1.29 is 19.2 Å². The van der Waals surface area contributed by atoms with Crippen molar-refractivity contribution in [2.45, 2.75) is 38.5 Å². The van der Waals surface area contributed by atoms with Gasteiger partial charge in [0.25, 0.3) is 0 Å². The van der Waals surface area contributed by atoms with Crippen molar-refractivity contribution in [3.8, 4) is 0 Å². The highest BCUT2D eigenvalue weighted by Crippen LogP contribution is 2.05. The SMILES string of the molecule is C=COOOCCCCCCCCO[SiH3]. The van der Waals surface area contributed by atoms with E-state index in [4.69, 9.17) is 9.31 Å². The molecule has 0 N–H and O–H groups in total. The molecule has 5 heteroatoms. The summed E-state index contributed by atoms with van der Waals surface area (Å²) in [6.07, 6.45) is 8.31. The van der Waals surface area contributed by atoms with Gasteiger partial charge in [0, 0.05) is 6.61 Å². The van der Waals surface area contributed by atoms with Gasteiger partial charge in [-0.25, -0.2) is 0 Å². The first-order valence-electron chi connectivity index (χ1n) is 5.46. The first kappa shape index (κ1) is 14.6. The van der Waals surface area contributed by atoms with E-state index in [2.05, 4.69) is 16.5 Å². The zero-order valence-corrected chi connectivity index (χ0v) is 11.6. The molecule has 0 aliphatic carbocycles. The average molecular weight is 234 g/mol. The van der Waals surface area contributed by atoms with E-state index < -0.39 is 0 Å². The van der Waals surface area contributed by atoms with Crippen molar-refractivity contribution in [2.24, 2.45) is 0 Å². The minimum absolute atomic E-state index is 0.567. The summed E-state index contributed by atoms with van der Waals surface area (Å²) in [5, 5.41) is 4.31. The molecule has 0 radical (unpaired) electrons. The fourth-order valence-corrected chi connectivity index (χ4v) is 1.49. The third-order valence-electron chi connectivity index (χ3n) is 1.98. The Morgan fingerprint density at radius 1 is 0.933 bits per heavy atom. The molecule has 0 aliphatic heterocycles. The van der Waals surface area contributed by atoms with Crippen molar-refractivity contribution >= 4 is 10.5 Å². The first-order chi connectivity index (χ1) is 7.41. The van der Waals surface area contributed by atoms with Crippen LogP contribution in [0.5, 0.6) is 0 Å². The van der Waals surface area contributed by atoms with Crippen LogP contribution in [0.4, 0.5) is 0 Å². The summed E-state index contributed by atoms with van der Waals surface area (Å²) in [6, 6.07) is 0. The first-order valence-corrected chi connectivity index (χ1v) is 6.28. The normalized spacial score (nSPS) is 10.4. The van der Waals surface area contributed by atoms with E-state index in [-0.39, 0.29) is 0 Å². The van der Waals surface area contributed by atoms with Gasteiger partial charge < -0.3 is 9.31 Å². The lowest BCUT2D eigenvalue weighted by Gasteiger charge is -2.02. The number of unbranched alkanes of at least 4 members (excludes halogenated alkanes) is 5. The molecule has 0 aromatic carbocycles. The quantitative estimate of drug-likeness (QED) is 0.169. The second-order valence-corrected chi connectivity index (χ2v) is 3.84. The van der Waals surface area contributed by atoms with Crippen molar-refractivity contribution in [1.29, 1.82) is 0 Å². The molecule has 90 valence electrons. The van der Waals surface area contributed by atoms with E-state index >= 15 is 0 Å². The lowest BCUT2D eigenvalue weighted by Crippen LogP contribution is -1.95. The summed E-state index contributed by atoms with van der Waals surface area (Å²) < 4.78 is 5.10. The fourth-order valence-electron chi connectivity index (χ4n) is 1.20. The molecular formula is C10H22O4Si. The van der Waals surface area contributed by atoms with Crippen LogP contribution in [-0.4, -0.2) is 23.7 Å². The van der Waals surface area contributed by atoms with E-state index in [9.17, 15) is 0 Å². The van der Waals surface area contributed by atoms with Crippen LogP contribution in [0.1, 0.15) is 38.5 Å². The van der Waals surface area contributed by atoms with E-state index in [1.165, 1.54) is 38.4 Å². The standard InChI is InChI=1S/C10H22O4Si/c1-2-11-14-12-9-7-5-3-4-6-8-10-13-15/h2H,1,3-10H2,15H3. The van der Waals surface area contributed by atoms with Gasteiger partial charge in [-0.05, 0) is 17.9 Å². The van der Waals surface area contributed by atoms with Gasteiger partial charge in [0.05, 0.1) is 6.61 Å². The van der Waals surface area contributed by atoms with E-state index in [0.717, 1.165) is 23.5 Å². The smallest absolute Gasteiger partial charge is 0.145 e. The minimum atomic E-state index is 0.567. The highest BCUT2D eigenvalue weighted by Gasteiger charge is 1.92. The van der Waals surface area contributed by atoms with Gasteiger partial charge in [0.15, 0.2) is 0 Å². The van der Waals surface area contributed by atoms with Gasteiger partial charge >= 0.3 is 0 Å². The van der Waals surface area contributed by atoms with Gasteiger partial charge in [0.2, 0.25) is 0 Å². The van der Waals surface area contributed by atoms with Gasteiger partial charge in [-0.2, -0.15) is 4.89 Å². The molecule has 0 aliphatic rings. The third kappa shape index (κ3) is 13.6. The summed E-state index contributed by atoms with van der Waals surface area (Å²) in [5.74, 6) is 0. The maximum Gasteiger partial charge on any atom is 0.145 e.